The zero-order valence-electron chi connectivity index (χ0n) is 7.13. The average Bonchev–Trinajstić information content (AvgIpc) is 2.00. The highest BCUT2D eigenvalue weighted by molar-refractivity contribution is 5.71. The van der Waals surface area contributed by atoms with E-state index >= 15 is 0 Å². The van der Waals surface area contributed by atoms with Crippen molar-refractivity contribution in [1.82, 2.24) is 0 Å². The predicted octanol–water partition coefficient (Wildman–Crippen LogP) is 1.40. The van der Waals surface area contributed by atoms with Crippen LogP contribution in [0, 0.1) is 5.92 Å². The first kappa shape index (κ1) is 10.4. The van der Waals surface area contributed by atoms with Gasteiger partial charge in [-0.05, 0) is 12.8 Å². The van der Waals surface area contributed by atoms with Crippen molar-refractivity contribution in [2.24, 2.45) is 5.92 Å². The predicted molar refractivity (Wildman–Crippen MR) is 40.6 cm³/mol. The van der Waals surface area contributed by atoms with Gasteiger partial charge in [0.15, 0.2) is 0 Å². The lowest BCUT2D eigenvalue weighted by molar-refractivity contribution is -0.148. The second kappa shape index (κ2) is 6.16. The normalized spacial score (nSPS) is 12.6. The van der Waals surface area contributed by atoms with Crippen molar-refractivity contribution in [2.45, 2.75) is 26.7 Å². The van der Waals surface area contributed by atoms with Crippen LogP contribution in [0.1, 0.15) is 26.7 Å². The van der Waals surface area contributed by atoms with Crippen molar-refractivity contribution >= 4 is 5.97 Å². The summed E-state index contributed by atoms with van der Waals surface area (Å²) in [6, 6.07) is 0. The third-order valence-electron chi connectivity index (χ3n) is 1.40. The van der Waals surface area contributed by atoms with Crippen LogP contribution in [0.4, 0.5) is 0 Å². The van der Waals surface area contributed by atoms with Gasteiger partial charge in [0.05, 0.1) is 19.1 Å². The number of esters is 1. The largest absolute Gasteiger partial charge is 0.465 e. The quantitative estimate of drug-likeness (QED) is 0.569. The first-order valence-corrected chi connectivity index (χ1v) is 3.97. The van der Waals surface area contributed by atoms with Crippen LogP contribution in [-0.4, -0.2) is 19.2 Å². The number of carbonyl (C=O) groups is 1. The maximum Gasteiger partial charge on any atom is 0.308 e. The molecular formula is C8H15O3. The van der Waals surface area contributed by atoms with Gasteiger partial charge in [-0.25, -0.2) is 5.11 Å². The Labute approximate surface area is 67.4 Å². The number of ether oxygens (including phenoxy) is 1. The molecule has 0 aliphatic carbocycles. The summed E-state index contributed by atoms with van der Waals surface area (Å²) in [5.74, 6) is -0.484. The molecule has 0 aliphatic rings. The number of rotatable bonds is 5. The highest BCUT2D eigenvalue weighted by atomic mass is 16.5. The standard InChI is InChI=1S/C8H15O3/c1-3-6-11-8(10)7(2)4-5-9/h7H,3-6H2,1-2H3. The molecule has 0 bridgehead atoms. The van der Waals surface area contributed by atoms with Gasteiger partial charge in [-0.2, -0.15) is 0 Å². The number of hydrogen-bond donors (Lipinski definition) is 0. The Morgan fingerprint density at radius 3 is 2.64 bits per heavy atom. The summed E-state index contributed by atoms with van der Waals surface area (Å²) < 4.78 is 4.83. The summed E-state index contributed by atoms with van der Waals surface area (Å²) in [5, 5.41) is 10.1. The molecular weight excluding hydrogens is 144 g/mol. The molecule has 0 aromatic heterocycles. The van der Waals surface area contributed by atoms with Crippen molar-refractivity contribution < 1.29 is 14.6 Å². The van der Waals surface area contributed by atoms with Gasteiger partial charge >= 0.3 is 5.97 Å². The molecule has 1 unspecified atom stereocenters. The SMILES string of the molecule is CCCOC(=O)C(C)CC[O]. The molecule has 3 heteroatoms. The van der Waals surface area contributed by atoms with E-state index in [1.165, 1.54) is 0 Å². The van der Waals surface area contributed by atoms with Crippen molar-refractivity contribution in [1.29, 1.82) is 0 Å². The van der Waals surface area contributed by atoms with E-state index in [0.29, 0.717) is 13.0 Å². The molecule has 0 amide bonds. The van der Waals surface area contributed by atoms with Crippen LogP contribution >= 0.6 is 0 Å². The van der Waals surface area contributed by atoms with E-state index in [4.69, 9.17) is 4.74 Å². The van der Waals surface area contributed by atoms with Crippen molar-refractivity contribution in [3.63, 3.8) is 0 Å². The van der Waals surface area contributed by atoms with E-state index in [0.717, 1.165) is 6.42 Å². The molecule has 0 saturated carbocycles. The summed E-state index contributed by atoms with van der Waals surface area (Å²) in [6.07, 6.45) is 1.21. The van der Waals surface area contributed by atoms with E-state index in [1.807, 2.05) is 6.92 Å². The molecule has 3 nitrogen and oxygen atoms in total. The van der Waals surface area contributed by atoms with Crippen LogP contribution in [0.25, 0.3) is 0 Å². The Hall–Kier alpha value is -0.570. The van der Waals surface area contributed by atoms with Crippen LogP contribution < -0.4 is 0 Å². The summed E-state index contributed by atoms with van der Waals surface area (Å²) in [4.78, 5) is 10.9. The molecule has 0 aromatic carbocycles. The van der Waals surface area contributed by atoms with Crippen LogP contribution in [0.15, 0.2) is 0 Å². The van der Waals surface area contributed by atoms with E-state index in [-0.39, 0.29) is 18.5 Å². The van der Waals surface area contributed by atoms with Crippen molar-refractivity contribution in [3.05, 3.63) is 0 Å². The summed E-state index contributed by atoms with van der Waals surface area (Å²) in [6.45, 7) is 3.91. The molecule has 0 aliphatic heterocycles. The molecule has 0 N–H and O–H groups in total. The smallest absolute Gasteiger partial charge is 0.308 e. The Morgan fingerprint density at radius 1 is 1.55 bits per heavy atom. The van der Waals surface area contributed by atoms with Gasteiger partial charge in [-0.1, -0.05) is 13.8 Å². The van der Waals surface area contributed by atoms with Crippen LogP contribution in [0.5, 0.6) is 0 Å². The highest BCUT2D eigenvalue weighted by Crippen LogP contribution is 2.03. The average molecular weight is 159 g/mol. The molecule has 0 rings (SSSR count). The summed E-state index contributed by atoms with van der Waals surface area (Å²) in [7, 11) is 0. The lowest BCUT2D eigenvalue weighted by Gasteiger charge is -2.07. The zero-order valence-corrected chi connectivity index (χ0v) is 7.13. The summed E-state index contributed by atoms with van der Waals surface area (Å²) in [5.41, 5.74) is 0. The third-order valence-corrected chi connectivity index (χ3v) is 1.40. The van der Waals surface area contributed by atoms with Gasteiger partial charge in [0.1, 0.15) is 0 Å². The second-order valence-electron chi connectivity index (χ2n) is 2.56. The minimum Gasteiger partial charge on any atom is -0.465 e. The fraction of sp³-hybridized carbons (Fsp3) is 0.875. The first-order chi connectivity index (χ1) is 5.22. The third kappa shape index (κ3) is 4.79. The van der Waals surface area contributed by atoms with Crippen LogP contribution in [0.2, 0.25) is 0 Å². The van der Waals surface area contributed by atoms with Gasteiger partial charge < -0.3 is 4.74 Å². The van der Waals surface area contributed by atoms with Gasteiger partial charge in [0.2, 0.25) is 0 Å². The fourth-order valence-corrected chi connectivity index (χ4v) is 0.640. The van der Waals surface area contributed by atoms with E-state index in [2.05, 4.69) is 0 Å². The maximum atomic E-state index is 10.9. The molecule has 0 aromatic rings. The Balaban J connectivity index is 3.47. The summed E-state index contributed by atoms with van der Waals surface area (Å²) >= 11 is 0. The van der Waals surface area contributed by atoms with Gasteiger partial charge in [-0.3, -0.25) is 4.79 Å². The van der Waals surface area contributed by atoms with Gasteiger partial charge in [-0.15, -0.1) is 0 Å². The Morgan fingerprint density at radius 2 is 2.18 bits per heavy atom. The molecule has 0 heterocycles. The van der Waals surface area contributed by atoms with Gasteiger partial charge in [0, 0.05) is 0 Å². The molecule has 11 heavy (non-hydrogen) atoms. The molecule has 1 atom stereocenters. The lowest BCUT2D eigenvalue weighted by atomic mass is 10.1. The van der Waals surface area contributed by atoms with Crippen LogP contribution in [0.3, 0.4) is 0 Å². The van der Waals surface area contributed by atoms with Crippen molar-refractivity contribution in [3.8, 4) is 0 Å². The molecule has 0 saturated heterocycles. The Bertz CT molecular complexity index is 112. The molecule has 0 spiro atoms. The van der Waals surface area contributed by atoms with Crippen LogP contribution in [-0.2, 0) is 14.6 Å². The Kier molecular flexibility index (Phi) is 5.84. The molecule has 65 valence electrons. The minimum absolute atomic E-state index is 0.206. The fourth-order valence-electron chi connectivity index (χ4n) is 0.640. The highest BCUT2D eigenvalue weighted by Gasteiger charge is 2.12. The minimum atomic E-state index is -0.247. The zero-order chi connectivity index (χ0) is 8.69. The monoisotopic (exact) mass is 159 g/mol. The van der Waals surface area contributed by atoms with E-state index in [1.54, 1.807) is 6.92 Å². The topological polar surface area (TPSA) is 46.2 Å². The maximum absolute atomic E-state index is 10.9. The second-order valence-corrected chi connectivity index (χ2v) is 2.56. The van der Waals surface area contributed by atoms with E-state index in [9.17, 15) is 9.90 Å². The van der Waals surface area contributed by atoms with E-state index < -0.39 is 0 Å². The molecule has 0 fully saturated rings. The number of hydrogen-bond acceptors (Lipinski definition) is 2. The molecule has 1 radical (unpaired) electrons. The number of carbonyl (C=O) groups excluding carboxylic acids is 1. The van der Waals surface area contributed by atoms with Gasteiger partial charge in [0.25, 0.3) is 0 Å². The lowest BCUT2D eigenvalue weighted by Crippen LogP contribution is -2.16. The van der Waals surface area contributed by atoms with Crippen molar-refractivity contribution in [2.75, 3.05) is 13.2 Å². The first-order valence-electron chi connectivity index (χ1n) is 3.97.